The van der Waals surface area contributed by atoms with E-state index in [4.69, 9.17) is 4.74 Å². The first kappa shape index (κ1) is 15.6. The molecule has 1 aliphatic carbocycles. The zero-order chi connectivity index (χ0) is 15.1. The summed E-state index contributed by atoms with van der Waals surface area (Å²) >= 11 is 0. The van der Waals surface area contributed by atoms with Crippen LogP contribution < -0.4 is 10.1 Å². The molecule has 4 heteroatoms. The molecular weight excluding hydrogens is 266 g/mol. The van der Waals surface area contributed by atoms with Crippen LogP contribution in [-0.4, -0.2) is 24.7 Å². The summed E-state index contributed by atoms with van der Waals surface area (Å²) in [6.07, 6.45) is 6.43. The Balaban J connectivity index is 1.78. The Morgan fingerprint density at radius 2 is 2.10 bits per heavy atom. The number of amides is 1. The lowest BCUT2D eigenvalue weighted by molar-refractivity contribution is -0.120. The minimum atomic E-state index is -0.694. The number of hydrogen-bond donors (Lipinski definition) is 2. The van der Waals surface area contributed by atoms with Crippen LogP contribution in [0.5, 0.6) is 5.75 Å². The van der Waals surface area contributed by atoms with Crippen LogP contribution in [-0.2, 0) is 4.79 Å². The summed E-state index contributed by atoms with van der Waals surface area (Å²) in [6, 6.07) is 7.21. The molecule has 4 nitrogen and oxygen atoms in total. The predicted octanol–water partition coefficient (Wildman–Crippen LogP) is 2.74. The van der Waals surface area contributed by atoms with Crippen molar-refractivity contribution in [3.63, 3.8) is 0 Å². The average molecular weight is 289 g/mol. The van der Waals surface area contributed by atoms with E-state index in [1.54, 1.807) is 31.4 Å². The number of aliphatic hydroxyl groups excluding tert-OH is 1. The zero-order valence-electron chi connectivity index (χ0n) is 12.5. The Hall–Kier alpha value is -1.81. The van der Waals surface area contributed by atoms with E-state index in [9.17, 15) is 9.90 Å². The van der Waals surface area contributed by atoms with Crippen molar-refractivity contribution < 1.29 is 14.6 Å². The van der Waals surface area contributed by atoms with Crippen molar-refractivity contribution in [3.05, 3.63) is 41.5 Å². The number of nitrogens with one attached hydrogen (secondary N) is 1. The minimum absolute atomic E-state index is 0.0179. The molecule has 0 aromatic heterocycles. The molecular formula is C17H23NO3. The fourth-order valence-corrected chi connectivity index (χ4v) is 2.49. The summed E-state index contributed by atoms with van der Waals surface area (Å²) < 4.78 is 5.07. The molecule has 0 bridgehead atoms. The molecule has 1 amide bonds. The Morgan fingerprint density at radius 1 is 1.33 bits per heavy atom. The third-order valence-corrected chi connectivity index (χ3v) is 3.77. The summed E-state index contributed by atoms with van der Waals surface area (Å²) in [5.74, 6) is 0.731. The molecule has 1 aliphatic rings. The molecule has 1 atom stereocenters. The van der Waals surface area contributed by atoms with Gasteiger partial charge in [-0.05, 0) is 43.4 Å². The molecule has 21 heavy (non-hydrogen) atoms. The molecule has 1 aromatic carbocycles. The number of allylic oxidation sites excluding steroid dienone is 1. The Morgan fingerprint density at radius 3 is 2.71 bits per heavy atom. The van der Waals surface area contributed by atoms with Crippen LogP contribution in [0.1, 0.15) is 43.8 Å². The normalized spacial score (nSPS) is 16.0. The number of carbonyl (C=O) groups excluding carboxylic acids is 1. The standard InChI is InChI=1S/C17H23NO3/c1-21-15-9-7-14(8-10-15)16(19)12-18-17(20)11-13-5-3-2-4-6-13/h5,7-10,16,19H,2-4,6,11-12H2,1H3,(H,18,20). The number of carbonyl (C=O) groups is 1. The van der Waals surface area contributed by atoms with Gasteiger partial charge >= 0.3 is 0 Å². The molecule has 0 radical (unpaired) electrons. The summed E-state index contributed by atoms with van der Waals surface area (Å²) in [7, 11) is 1.60. The number of rotatable bonds is 6. The summed E-state index contributed by atoms with van der Waals surface area (Å²) in [4.78, 5) is 11.9. The first-order valence-electron chi connectivity index (χ1n) is 7.45. The van der Waals surface area contributed by atoms with E-state index in [1.165, 1.54) is 18.4 Å². The van der Waals surface area contributed by atoms with E-state index in [-0.39, 0.29) is 12.5 Å². The highest BCUT2D eigenvalue weighted by Gasteiger charge is 2.12. The molecule has 0 spiro atoms. The van der Waals surface area contributed by atoms with E-state index in [1.807, 2.05) is 0 Å². The van der Waals surface area contributed by atoms with Gasteiger partial charge in [0.15, 0.2) is 0 Å². The van der Waals surface area contributed by atoms with Crippen molar-refractivity contribution in [2.24, 2.45) is 0 Å². The van der Waals surface area contributed by atoms with Gasteiger partial charge in [0.2, 0.25) is 5.91 Å². The molecule has 0 fully saturated rings. The van der Waals surface area contributed by atoms with E-state index in [2.05, 4.69) is 11.4 Å². The van der Waals surface area contributed by atoms with Crippen LogP contribution in [0.15, 0.2) is 35.9 Å². The van der Waals surface area contributed by atoms with Gasteiger partial charge in [0.05, 0.1) is 13.2 Å². The van der Waals surface area contributed by atoms with Crippen LogP contribution in [0.2, 0.25) is 0 Å². The summed E-state index contributed by atoms with van der Waals surface area (Å²) in [5, 5.41) is 12.9. The van der Waals surface area contributed by atoms with Crippen molar-refractivity contribution in [2.75, 3.05) is 13.7 Å². The Bertz CT molecular complexity index is 493. The Labute approximate surface area is 125 Å². The van der Waals surface area contributed by atoms with Gasteiger partial charge in [-0.15, -0.1) is 0 Å². The molecule has 0 heterocycles. The lowest BCUT2D eigenvalue weighted by atomic mass is 9.97. The lowest BCUT2D eigenvalue weighted by Gasteiger charge is -2.15. The maximum atomic E-state index is 11.9. The predicted molar refractivity (Wildman–Crippen MR) is 82.1 cm³/mol. The fraction of sp³-hybridized carbons (Fsp3) is 0.471. The van der Waals surface area contributed by atoms with E-state index in [0.29, 0.717) is 6.42 Å². The van der Waals surface area contributed by atoms with Gasteiger partial charge in [-0.25, -0.2) is 0 Å². The van der Waals surface area contributed by atoms with Gasteiger partial charge < -0.3 is 15.2 Å². The van der Waals surface area contributed by atoms with E-state index in [0.717, 1.165) is 24.2 Å². The van der Waals surface area contributed by atoms with Crippen LogP contribution in [0.4, 0.5) is 0 Å². The van der Waals surface area contributed by atoms with E-state index < -0.39 is 6.10 Å². The highest BCUT2D eigenvalue weighted by Crippen LogP contribution is 2.20. The molecule has 1 unspecified atom stereocenters. The van der Waals surface area contributed by atoms with Gasteiger partial charge in [-0.3, -0.25) is 4.79 Å². The summed E-state index contributed by atoms with van der Waals surface area (Å²) in [5.41, 5.74) is 1.99. The van der Waals surface area contributed by atoms with Crippen molar-refractivity contribution in [1.82, 2.24) is 5.32 Å². The number of benzene rings is 1. The average Bonchev–Trinajstić information content (AvgIpc) is 2.53. The maximum Gasteiger partial charge on any atom is 0.224 e. The van der Waals surface area contributed by atoms with Crippen LogP contribution in [0.25, 0.3) is 0 Å². The molecule has 0 saturated heterocycles. The van der Waals surface area contributed by atoms with Crippen LogP contribution in [0, 0.1) is 0 Å². The number of methoxy groups -OCH3 is 1. The molecule has 2 N–H and O–H groups in total. The molecule has 1 aromatic rings. The molecule has 2 rings (SSSR count). The third-order valence-electron chi connectivity index (χ3n) is 3.77. The van der Waals surface area contributed by atoms with Crippen LogP contribution >= 0.6 is 0 Å². The first-order valence-corrected chi connectivity index (χ1v) is 7.45. The van der Waals surface area contributed by atoms with Crippen molar-refractivity contribution >= 4 is 5.91 Å². The summed E-state index contributed by atoms with van der Waals surface area (Å²) in [6.45, 7) is 0.235. The van der Waals surface area contributed by atoms with Gasteiger partial charge in [-0.2, -0.15) is 0 Å². The lowest BCUT2D eigenvalue weighted by Crippen LogP contribution is -2.28. The Kier molecular flexibility index (Phi) is 5.81. The highest BCUT2D eigenvalue weighted by atomic mass is 16.5. The molecule has 0 aliphatic heterocycles. The van der Waals surface area contributed by atoms with Gasteiger partial charge in [0.25, 0.3) is 0 Å². The monoisotopic (exact) mass is 289 g/mol. The highest BCUT2D eigenvalue weighted by molar-refractivity contribution is 5.78. The van der Waals surface area contributed by atoms with Gasteiger partial charge in [0.1, 0.15) is 5.75 Å². The van der Waals surface area contributed by atoms with Crippen molar-refractivity contribution in [1.29, 1.82) is 0 Å². The second-order valence-electron chi connectivity index (χ2n) is 5.38. The number of hydrogen-bond acceptors (Lipinski definition) is 3. The first-order chi connectivity index (χ1) is 10.2. The second-order valence-corrected chi connectivity index (χ2v) is 5.38. The number of aliphatic hydroxyl groups is 1. The van der Waals surface area contributed by atoms with Crippen molar-refractivity contribution in [2.45, 2.75) is 38.2 Å². The van der Waals surface area contributed by atoms with Gasteiger partial charge in [0, 0.05) is 13.0 Å². The minimum Gasteiger partial charge on any atom is -0.497 e. The molecule has 114 valence electrons. The largest absolute Gasteiger partial charge is 0.497 e. The quantitative estimate of drug-likeness (QED) is 0.792. The van der Waals surface area contributed by atoms with Crippen molar-refractivity contribution in [3.8, 4) is 5.75 Å². The smallest absolute Gasteiger partial charge is 0.224 e. The number of ether oxygens (including phenoxy) is 1. The fourth-order valence-electron chi connectivity index (χ4n) is 2.49. The van der Waals surface area contributed by atoms with Crippen LogP contribution in [0.3, 0.4) is 0 Å². The SMILES string of the molecule is COc1ccc(C(O)CNC(=O)CC2=CCCCC2)cc1. The van der Waals surface area contributed by atoms with E-state index >= 15 is 0 Å². The topological polar surface area (TPSA) is 58.6 Å². The molecule has 0 saturated carbocycles. The zero-order valence-corrected chi connectivity index (χ0v) is 12.5. The second kappa shape index (κ2) is 7.84. The maximum absolute atomic E-state index is 11.9. The van der Waals surface area contributed by atoms with Gasteiger partial charge in [-0.1, -0.05) is 23.8 Å². The third kappa shape index (κ3) is 4.90.